The molecule has 0 fully saturated rings. The van der Waals surface area contributed by atoms with Crippen molar-refractivity contribution in [1.29, 1.82) is 0 Å². The number of alkyl halides is 2. The van der Waals surface area contributed by atoms with Crippen molar-refractivity contribution >= 4 is 17.8 Å². The van der Waals surface area contributed by atoms with Gasteiger partial charge in [0, 0.05) is 27.2 Å². The average Bonchev–Trinajstić information content (AvgIpc) is 2.44. The maximum absolute atomic E-state index is 11.9. The Balaban J connectivity index is 2.56. The molecule has 0 atom stereocenters. The van der Waals surface area contributed by atoms with Crippen LogP contribution in [0.25, 0.3) is 0 Å². The van der Waals surface area contributed by atoms with Crippen LogP contribution in [0.5, 0.6) is 0 Å². The zero-order valence-corrected chi connectivity index (χ0v) is 12.6. The van der Waals surface area contributed by atoms with Crippen LogP contribution in [0.3, 0.4) is 0 Å². The fraction of sp³-hybridized carbons (Fsp3) is 0.750. The van der Waals surface area contributed by atoms with Crippen LogP contribution in [0, 0.1) is 0 Å². The number of nitrogens with one attached hydrogen (secondary N) is 2. The molecule has 0 radical (unpaired) electrons. The third-order valence-electron chi connectivity index (χ3n) is 2.33. The van der Waals surface area contributed by atoms with Crippen LogP contribution in [0.15, 0.2) is 0 Å². The molecule has 1 heterocycles. The summed E-state index contributed by atoms with van der Waals surface area (Å²) in [5, 5.41) is 6.02. The number of halogens is 2. The van der Waals surface area contributed by atoms with E-state index in [1.165, 1.54) is 0 Å². The van der Waals surface area contributed by atoms with Crippen molar-refractivity contribution in [2.24, 2.45) is 0 Å². The fourth-order valence-electron chi connectivity index (χ4n) is 1.37. The number of hydrogen-bond acceptors (Lipinski definition) is 7. The van der Waals surface area contributed by atoms with E-state index in [-0.39, 0.29) is 6.61 Å². The molecule has 9 heteroatoms. The molecule has 0 saturated heterocycles. The highest BCUT2D eigenvalue weighted by atomic mass is 19.3. The van der Waals surface area contributed by atoms with Gasteiger partial charge >= 0.3 is 0 Å². The van der Waals surface area contributed by atoms with Gasteiger partial charge in [-0.15, -0.1) is 0 Å². The van der Waals surface area contributed by atoms with Crippen LogP contribution in [0.4, 0.5) is 26.6 Å². The van der Waals surface area contributed by atoms with Crippen molar-refractivity contribution < 1.29 is 13.5 Å². The highest BCUT2D eigenvalue weighted by molar-refractivity contribution is 5.42. The third-order valence-corrected chi connectivity index (χ3v) is 2.33. The molecule has 2 N–H and O–H groups in total. The van der Waals surface area contributed by atoms with Crippen LogP contribution in [-0.2, 0) is 4.74 Å². The summed E-state index contributed by atoms with van der Waals surface area (Å²) in [6, 6.07) is 0. The first-order valence-electron chi connectivity index (χ1n) is 6.80. The van der Waals surface area contributed by atoms with Crippen molar-refractivity contribution in [1.82, 2.24) is 15.0 Å². The number of anilines is 3. The van der Waals surface area contributed by atoms with Crippen LogP contribution < -0.4 is 15.5 Å². The molecule has 0 aliphatic heterocycles. The van der Waals surface area contributed by atoms with E-state index in [1.54, 1.807) is 4.90 Å². The van der Waals surface area contributed by atoms with Crippen LogP contribution in [0.1, 0.15) is 13.3 Å². The molecule has 0 amide bonds. The Hall–Kier alpha value is -1.77. The van der Waals surface area contributed by atoms with E-state index < -0.39 is 13.0 Å². The Morgan fingerprint density at radius 3 is 2.24 bits per heavy atom. The van der Waals surface area contributed by atoms with E-state index in [2.05, 4.69) is 25.6 Å². The summed E-state index contributed by atoms with van der Waals surface area (Å²) in [6.45, 7) is 2.74. The highest BCUT2D eigenvalue weighted by Gasteiger charge is 2.08. The minimum Gasteiger partial charge on any atom is -0.374 e. The molecule has 120 valence electrons. The van der Waals surface area contributed by atoms with Crippen molar-refractivity contribution in [2.45, 2.75) is 19.8 Å². The fourth-order valence-corrected chi connectivity index (χ4v) is 1.37. The third kappa shape index (κ3) is 6.98. The molecule has 21 heavy (non-hydrogen) atoms. The molecule has 0 unspecified atom stereocenters. The SMILES string of the molecule is CCCNc1nc(NCCOCC(F)F)nc(N(C)C)n1. The summed E-state index contributed by atoms with van der Waals surface area (Å²) in [7, 11) is 3.66. The average molecular weight is 304 g/mol. The molecule has 0 spiro atoms. The zero-order chi connectivity index (χ0) is 15.7. The van der Waals surface area contributed by atoms with Gasteiger partial charge in [-0.3, -0.25) is 0 Å². The lowest BCUT2D eigenvalue weighted by Crippen LogP contribution is -2.19. The van der Waals surface area contributed by atoms with Gasteiger partial charge < -0.3 is 20.3 Å². The van der Waals surface area contributed by atoms with Gasteiger partial charge in [0.25, 0.3) is 6.43 Å². The lowest BCUT2D eigenvalue weighted by molar-refractivity contribution is 0.0214. The number of nitrogens with zero attached hydrogens (tertiary/aromatic N) is 4. The van der Waals surface area contributed by atoms with Gasteiger partial charge in [0.05, 0.1) is 6.61 Å². The second kappa shape index (κ2) is 9.22. The second-order valence-electron chi connectivity index (χ2n) is 4.50. The Morgan fingerprint density at radius 1 is 1.10 bits per heavy atom. The smallest absolute Gasteiger partial charge is 0.261 e. The summed E-state index contributed by atoms with van der Waals surface area (Å²) in [5.74, 6) is 1.37. The molecular weight excluding hydrogens is 282 g/mol. The normalized spacial score (nSPS) is 10.8. The second-order valence-corrected chi connectivity index (χ2v) is 4.50. The molecule has 0 aliphatic carbocycles. The molecule has 1 aromatic heterocycles. The molecule has 0 aliphatic rings. The first-order chi connectivity index (χ1) is 10.0. The molecule has 1 aromatic rings. The van der Waals surface area contributed by atoms with E-state index in [1.807, 2.05) is 21.0 Å². The molecule has 0 aromatic carbocycles. The van der Waals surface area contributed by atoms with Crippen molar-refractivity contribution in [3.05, 3.63) is 0 Å². The predicted octanol–water partition coefficient (Wildman–Crippen LogP) is 1.45. The number of hydrogen-bond donors (Lipinski definition) is 2. The van der Waals surface area contributed by atoms with E-state index in [0.717, 1.165) is 13.0 Å². The summed E-state index contributed by atoms with van der Waals surface area (Å²) in [6.07, 6.45) is -1.50. The molecular formula is C12H22F2N6O. The Labute approximate surface area is 123 Å². The van der Waals surface area contributed by atoms with Crippen molar-refractivity contribution in [2.75, 3.05) is 55.9 Å². The first kappa shape index (κ1) is 17.3. The van der Waals surface area contributed by atoms with Crippen LogP contribution in [-0.4, -0.2) is 61.8 Å². The first-order valence-corrected chi connectivity index (χ1v) is 6.80. The molecule has 7 nitrogen and oxygen atoms in total. The van der Waals surface area contributed by atoms with Gasteiger partial charge in [-0.1, -0.05) is 6.92 Å². The maximum Gasteiger partial charge on any atom is 0.261 e. The Morgan fingerprint density at radius 2 is 1.71 bits per heavy atom. The largest absolute Gasteiger partial charge is 0.374 e. The minimum atomic E-state index is -2.45. The van der Waals surface area contributed by atoms with E-state index in [4.69, 9.17) is 4.74 Å². The molecule has 1 rings (SSSR count). The summed E-state index contributed by atoms with van der Waals surface area (Å²) < 4.78 is 28.6. The minimum absolute atomic E-state index is 0.158. The standard InChI is InChI=1S/C12H22F2N6O/c1-4-5-15-10-17-11(19-12(18-10)20(2)3)16-6-7-21-8-9(13)14/h9H,4-8H2,1-3H3,(H2,15,16,17,18,19). The topological polar surface area (TPSA) is 75.2 Å². The number of ether oxygens (including phenoxy) is 1. The van der Waals surface area contributed by atoms with Gasteiger partial charge in [-0.2, -0.15) is 15.0 Å². The lowest BCUT2D eigenvalue weighted by Gasteiger charge is -2.14. The lowest BCUT2D eigenvalue weighted by atomic mass is 10.5. The van der Waals surface area contributed by atoms with E-state index >= 15 is 0 Å². The van der Waals surface area contributed by atoms with Crippen LogP contribution in [0.2, 0.25) is 0 Å². The summed E-state index contributed by atoms with van der Waals surface area (Å²) in [5.41, 5.74) is 0. The van der Waals surface area contributed by atoms with Crippen molar-refractivity contribution in [3.63, 3.8) is 0 Å². The number of rotatable bonds is 10. The maximum atomic E-state index is 11.9. The van der Waals surface area contributed by atoms with E-state index in [0.29, 0.717) is 24.4 Å². The monoisotopic (exact) mass is 304 g/mol. The molecule has 0 saturated carbocycles. The Kier molecular flexibility index (Phi) is 7.59. The predicted molar refractivity (Wildman–Crippen MR) is 78.2 cm³/mol. The summed E-state index contributed by atoms with van der Waals surface area (Å²) >= 11 is 0. The quantitative estimate of drug-likeness (QED) is 0.634. The van der Waals surface area contributed by atoms with Gasteiger partial charge in [0.15, 0.2) is 0 Å². The van der Waals surface area contributed by atoms with Gasteiger partial charge in [-0.25, -0.2) is 8.78 Å². The Bertz CT molecular complexity index is 419. The van der Waals surface area contributed by atoms with E-state index in [9.17, 15) is 8.78 Å². The van der Waals surface area contributed by atoms with Gasteiger partial charge in [-0.05, 0) is 6.42 Å². The summed E-state index contributed by atoms with van der Waals surface area (Å²) in [4.78, 5) is 14.5. The van der Waals surface area contributed by atoms with Crippen molar-refractivity contribution in [3.8, 4) is 0 Å². The van der Waals surface area contributed by atoms with Gasteiger partial charge in [0.2, 0.25) is 17.8 Å². The zero-order valence-electron chi connectivity index (χ0n) is 12.6. The van der Waals surface area contributed by atoms with Gasteiger partial charge in [0.1, 0.15) is 6.61 Å². The number of aromatic nitrogens is 3. The molecule has 0 bridgehead atoms. The van der Waals surface area contributed by atoms with Crippen LogP contribution >= 0.6 is 0 Å². The highest BCUT2D eigenvalue weighted by Crippen LogP contribution is 2.11.